The summed E-state index contributed by atoms with van der Waals surface area (Å²) in [5.74, 6) is 1.65. The molecular weight excluding hydrogens is 873 g/mol. The molecule has 0 aromatic heterocycles. The third-order valence-corrected chi connectivity index (χ3v) is 11.0. The summed E-state index contributed by atoms with van der Waals surface area (Å²) in [6, 6.07) is 25.4. The van der Waals surface area contributed by atoms with Gasteiger partial charge in [0.05, 0.1) is 0 Å². The maximum atomic E-state index is 3.64. The number of halogens is 6. The molecule has 3 rings (SSSR count). The molecule has 0 bridgehead atoms. The Bertz CT molecular complexity index is 1290. The average molecular weight is 960 g/mol. The van der Waals surface area contributed by atoms with Gasteiger partial charge in [0, 0.05) is 13.1 Å². The second kappa shape index (κ2) is 39.7. The van der Waals surface area contributed by atoms with Gasteiger partial charge in [0.25, 0.3) is 0 Å². The van der Waals surface area contributed by atoms with E-state index in [2.05, 4.69) is 147 Å². The topological polar surface area (TPSA) is 72.2 Å². The van der Waals surface area contributed by atoms with Gasteiger partial charge in [0.15, 0.2) is 0 Å². The molecule has 6 N–H and O–H groups in total. The molecule has 3 aromatic rings. The number of hydrogen-bond acceptors (Lipinski definition) is 6. The first-order chi connectivity index (χ1) is 26.3. The van der Waals surface area contributed by atoms with Crippen molar-refractivity contribution >= 4 is 74.4 Å². The summed E-state index contributed by atoms with van der Waals surface area (Å²) in [4.78, 5) is 0. The van der Waals surface area contributed by atoms with Gasteiger partial charge in [0.1, 0.15) is 0 Å². The minimum Gasteiger partial charge on any atom is -0.317 e. The Hall–Kier alpha value is -0.840. The Labute approximate surface area is 405 Å². The zero-order valence-corrected chi connectivity index (χ0v) is 43.0. The van der Waals surface area contributed by atoms with Crippen LogP contribution in [0.5, 0.6) is 0 Å². The smallest absolute Gasteiger partial charge is 0.0205 e. The van der Waals surface area contributed by atoms with Crippen LogP contribution in [0.25, 0.3) is 22.3 Å². The van der Waals surface area contributed by atoms with Crippen LogP contribution in [0.2, 0.25) is 0 Å². The molecule has 0 heterocycles. The van der Waals surface area contributed by atoms with Crippen LogP contribution in [0.4, 0.5) is 0 Å². The largest absolute Gasteiger partial charge is 0.317 e. The van der Waals surface area contributed by atoms with Crippen molar-refractivity contribution in [3.63, 3.8) is 0 Å². The van der Waals surface area contributed by atoms with Gasteiger partial charge >= 0.3 is 0 Å². The summed E-state index contributed by atoms with van der Waals surface area (Å²) < 4.78 is 0. The van der Waals surface area contributed by atoms with E-state index in [1.165, 1.54) is 77.5 Å². The first-order valence-corrected chi connectivity index (χ1v) is 21.9. The molecule has 0 aliphatic rings. The van der Waals surface area contributed by atoms with E-state index in [1.54, 1.807) is 0 Å². The fourth-order valence-electron chi connectivity index (χ4n) is 6.86. The fraction of sp³-hybridized carbons (Fsp3) is 0.625. The maximum Gasteiger partial charge on any atom is 0.0205 e. The van der Waals surface area contributed by atoms with E-state index >= 15 is 0 Å². The molecule has 0 radical (unpaired) electrons. The van der Waals surface area contributed by atoms with Crippen LogP contribution in [-0.2, 0) is 18.5 Å². The Morgan fingerprint density at radius 2 is 0.683 bits per heavy atom. The molecule has 0 spiro atoms. The van der Waals surface area contributed by atoms with Crippen LogP contribution >= 0.6 is 74.4 Å². The van der Waals surface area contributed by atoms with Crippen molar-refractivity contribution in [3.05, 3.63) is 83.4 Å². The molecule has 12 heteroatoms. The first-order valence-electron chi connectivity index (χ1n) is 21.9. The second-order valence-corrected chi connectivity index (χ2v) is 16.5. The van der Waals surface area contributed by atoms with Gasteiger partial charge in [-0.15, -0.1) is 74.4 Å². The third-order valence-electron chi connectivity index (χ3n) is 11.0. The Kier molecular flexibility index (Phi) is 43.5. The van der Waals surface area contributed by atoms with Crippen molar-refractivity contribution in [1.29, 1.82) is 0 Å². The SMILES string of the molecule is CCC(CC)CNCCCNCCCNCc1ccc(-c2cc(-c3ccc(CNCCCNCCCNCC(CC)CC)cc3)cc(C(C)(C)C)c2)cc1.Cl.Cl.Cl.Cl.Cl.Cl. The van der Waals surface area contributed by atoms with Crippen LogP contribution in [0.1, 0.15) is 117 Å². The van der Waals surface area contributed by atoms with Crippen LogP contribution in [0, 0.1) is 11.8 Å². The zero-order valence-electron chi connectivity index (χ0n) is 38.1. The van der Waals surface area contributed by atoms with Crippen molar-refractivity contribution in [2.24, 2.45) is 11.8 Å². The minimum atomic E-state index is 0. The van der Waals surface area contributed by atoms with E-state index < -0.39 is 0 Å². The fourth-order valence-corrected chi connectivity index (χ4v) is 6.86. The molecule has 0 aliphatic carbocycles. The standard InChI is InChI=1S/C48H80N6.6ClH/c1-8-39(9-2)35-51-28-12-24-49-26-14-30-53-37-41-16-20-43(21-17-41)45-32-46(34-47(33-45)48(5,6)7)44-22-18-42(19-23-44)38-54-31-15-27-50-25-13-29-52-36-40(10-3)11-4;;;;;;/h16-23,32-34,39-40,49-54H,8-15,24-31,35-38H2,1-7H3;6*1H. The maximum absolute atomic E-state index is 3.64. The molecule has 0 amide bonds. The molecule has 0 atom stereocenters. The van der Waals surface area contributed by atoms with Crippen LogP contribution in [0.15, 0.2) is 66.7 Å². The number of benzene rings is 3. The Morgan fingerprint density at radius 1 is 0.383 bits per heavy atom. The predicted octanol–water partition coefficient (Wildman–Crippen LogP) is 11.8. The van der Waals surface area contributed by atoms with Crippen molar-refractivity contribution < 1.29 is 0 Å². The number of nitrogens with one attached hydrogen (secondary N) is 6. The van der Waals surface area contributed by atoms with E-state index in [0.717, 1.165) is 103 Å². The van der Waals surface area contributed by atoms with E-state index in [-0.39, 0.29) is 79.9 Å². The van der Waals surface area contributed by atoms with Crippen molar-refractivity contribution in [1.82, 2.24) is 31.9 Å². The van der Waals surface area contributed by atoms with Gasteiger partial charge in [0.2, 0.25) is 0 Å². The molecule has 0 fully saturated rings. The summed E-state index contributed by atoms with van der Waals surface area (Å²) in [5.41, 5.74) is 9.21. The van der Waals surface area contributed by atoms with Crippen LogP contribution < -0.4 is 31.9 Å². The van der Waals surface area contributed by atoms with E-state index in [4.69, 9.17) is 0 Å². The Morgan fingerprint density at radius 3 is 0.983 bits per heavy atom. The molecular formula is C48H86Cl6N6. The van der Waals surface area contributed by atoms with Crippen molar-refractivity contribution in [3.8, 4) is 22.3 Å². The highest BCUT2D eigenvalue weighted by molar-refractivity contribution is 5.86. The molecule has 350 valence electrons. The van der Waals surface area contributed by atoms with Gasteiger partial charge in [-0.1, -0.05) is 135 Å². The summed E-state index contributed by atoms with van der Waals surface area (Å²) in [6.45, 7) is 28.8. The lowest BCUT2D eigenvalue weighted by Gasteiger charge is -2.22. The van der Waals surface area contributed by atoms with Crippen molar-refractivity contribution in [2.45, 2.75) is 118 Å². The number of hydrogen-bond donors (Lipinski definition) is 6. The molecule has 60 heavy (non-hydrogen) atoms. The molecule has 0 saturated carbocycles. The minimum absolute atomic E-state index is 0. The predicted molar refractivity (Wildman–Crippen MR) is 281 cm³/mol. The van der Waals surface area contributed by atoms with Gasteiger partial charge in [-0.3, -0.25) is 0 Å². The second-order valence-electron chi connectivity index (χ2n) is 16.5. The van der Waals surface area contributed by atoms with E-state index in [0.29, 0.717) is 0 Å². The van der Waals surface area contributed by atoms with Crippen LogP contribution in [0.3, 0.4) is 0 Å². The monoisotopic (exact) mass is 957 g/mol. The van der Waals surface area contributed by atoms with Gasteiger partial charge < -0.3 is 31.9 Å². The molecule has 6 nitrogen and oxygen atoms in total. The lowest BCUT2D eigenvalue weighted by Crippen LogP contribution is -2.27. The van der Waals surface area contributed by atoms with Crippen molar-refractivity contribution in [2.75, 3.05) is 65.4 Å². The highest BCUT2D eigenvalue weighted by Crippen LogP contribution is 2.33. The normalized spacial score (nSPS) is 10.8. The zero-order chi connectivity index (χ0) is 38.9. The lowest BCUT2D eigenvalue weighted by molar-refractivity contribution is 0.445. The first kappa shape index (κ1) is 65.8. The summed E-state index contributed by atoms with van der Waals surface area (Å²) in [6.07, 6.45) is 9.78. The molecule has 0 aliphatic heterocycles. The van der Waals surface area contributed by atoms with Gasteiger partial charge in [-0.25, -0.2) is 0 Å². The molecule has 3 aromatic carbocycles. The molecule has 0 saturated heterocycles. The quantitative estimate of drug-likeness (QED) is 0.0374. The summed E-state index contributed by atoms with van der Waals surface area (Å²) >= 11 is 0. The van der Waals surface area contributed by atoms with Gasteiger partial charge in [-0.05, 0) is 153 Å². The Balaban J connectivity index is -0.00000261. The molecule has 0 unspecified atom stereocenters. The highest BCUT2D eigenvalue weighted by atomic mass is 35.5. The summed E-state index contributed by atoms with van der Waals surface area (Å²) in [5, 5.41) is 21.7. The average Bonchev–Trinajstić information content (AvgIpc) is 3.19. The lowest BCUT2D eigenvalue weighted by atomic mass is 9.83. The summed E-state index contributed by atoms with van der Waals surface area (Å²) in [7, 11) is 0. The highest BCUT2D eigenvalue weighted by Gasteiger charge is 2.17. The van der Waals surface area contributed by atoms with Gasteiger partial charge in [-0.2, -0.15) is 0 Å². The van der Waals surface area contributed by atoms with Crippen LogP contribution in [-0.4, -0.2) is 65.4 Å². The van der Waals surface area contributed by atoms with E-state index in [1.807, 2.05) is 0 Å². The van der Waals surface area contributed by atoms with E-state index in [9.17, 15) is 0 Å². The third kappa shape index (κ3) is 27.4. The number of rotatable bonds is 30.